The quantitative estimate of drug-likeness (QED) is 0.863. The third kappa shape index (κ3) is 2.88. The SMILES string of the molecule is CCN(C(=O)c1ccnc(F)c1)c1cccc(O)c1. The lowest BCUT2D eigenvalue weighted by Crippen LogP contribution is -2.30. The molecular formula is C14H13FN2O2. The number of rotatable bonds is 3. The van der Waals surface area contributed by atoms with Gasteiger partial charge in [0.25, 0.3) is 5.91 Å². The Morgan fingerprint density at radius 2 is 2.16 bits per heavy atom. The molecule has 0 fully saturated rings. The number of phenolic OH excluding ortho intramolecular Hbond substituents is 1. The number of anilines is 1. The van der Waals surface area contributed by atoms with E-state index in [0.717, 1.165) is 6.07 Å². The first-order chi connectivity index (χ1) is 9.11. The summed E-state index contributed by atoms with van der Waals surface area (Å²) in [6.45, 7) is 2.21. The summed E-state index contributed by atoms with van der Waals surface area (Å²) >= 11 is 0. The molecule has 0 aliphatic rings. The summed E-state index contributed by atoms with van der Waals surface area (Å²) in [7, 11) is 0. The van der Waals surface area contributed by atoms with Crippen molar-refractivity contribution < 1.29 is 14.3 Å². The smallest absolute Gasteiger partial charge is 0.258 e. The Morgan fingerprint density at radius 1 is 1.37 bits per heavy atom. The van der Waals surface area contributed by atoms with Gasteiger partial charge in [-0.2, -0.15) is 4.39 Å². The van der Waals surface area contributed by atoms with Gasteiger partial charge in [0, 0.05) is 36.1 Å². The van der Waals surface area contributed by atoms with Crippen molar-refractivity contribution in [2.24, 2.45) is 0 Å². The summed E-state index contributed by atoms with van der Waals surface area (Å²) in [5.41, 5.74) is 0.780. The number of benzene rings is 1. The molecular weight excluding hydrogens is 247 g/mol. The minimum Gasteiger partial charge on any atom is -0.508 e. The summed E-state index contributed by atoms with van der Waals surface area (Å²) in [6.07, 6.45) is 1.25. The molecule has 4 nitrogen and oxygen atoms in total. The molecule has 1 amide bonds. The van der Waals surface area contributed by atoms with Crippen molar-refractivity contribution in [1.29, 1.82) is 0 Å². The average molecular weight is 260 g/mol. The molecule has 0 spiro atoms. The first-order valence-corrected chi connectivity index (χ1v) is 5.84. The number of carbonyl (C=O) groups is 1. The fourth-order valence-corrected chi connectivity index (χ4v) is 1.80. The molecule has 0 aliphatic carbocycles. The summed E-state index contributed by atoms with van der Waals surface area (Å²) in [5.74, 6) is -0.961. The zero-order valence-corrected chi connectivity index (χ0v) is 10.4. The molecule has 0 unspecified atom stereocenters. The standard InChI is InChI=1S/C14H13FN2O2/c1-2-17(11-4-3-5-12(18)9-11)14(19)10-6-7-16-13(15)8-10/h3-9,18H,2H2,1H3. The van der Waals surface area contributed by atoms with E-state index in [4.69, 9.17) is 0 Å². The Labute approximate surface area is 110 Å². The van der Waals surface area contributed by atoms with Gasteiger partial charge in [-0.05, 0) is 25.1 Å². The zero-order valence-electron chi connectivity index (χ0n) is 10.4. The number of pyridine rings is 1. The second-order valence-electron chi connectivity index (χ2n) is 3.94. The Balaban J connectivity index is 2.34. The normalized spacial score (nSPS) is 10.2. The molecule has 1 N–H and O–H groups in total. The molecule has 19 heavy (non-hydrogen) atoms. The molecule has 0 radical (unpaired) electrons. The van der Waals surface area contributed by atoms with Gasteiger partial charge in [0.15, 0.2) is 0 Å². The highest BCUT2D eigenvalue weighted by Crippen LogP contribution is 2.21. The number of hydrogen-bond acceptors (Lipinski definition) is 3. The van der Waals surface area contributed by atoms with Crippen LogP contribution < -0.4 is 4.90 Å². The predicted molar refractivity (Wildman–Crippen MR) is 69.7 cm³/mol. The summed E-state index contributed by atoms with van der Waals surface area (Å²) in [5, 5.41) is 9.45. The molecule has 98 valence electrons. The highest BCUT2D eigenvalue weighted by atomic mass is 19.1. The van der Waals surface area contributed by atoms with E-state index >= 15 is 0 Å². The van der Waals surface area contributed by atoms with Crippen LogP contribution in [0, 0.1) is 5.95 Å². The summed E-state index contributed by atoms with van der Waals surface area (Å²) in [6, 6.07) is 8.91. The van der Waals surface area contributed by atoms with Gasteiger partial charge < -0.3 is 10.0 Å². The molecule has 1 heterocycles. The van der Waals surface area contributed by atoms with Crippen LogP contribution in [0.1, 0.15) is 17.3 Å². The third-order valence-electron chi connectivity index (χ3n) is 2.68. The number of aromatic hydroxyl groups is 1. The lowest BCUT2D eigenvalue weighted by molar-refractivity contribution is 0.0987. The molecule has 0 saturated heterocycles. The molecule has 2 rings (SSSR count). The Morgan fingerprint density at radius 3 is 2.79 bits per heavy atom. The van der Waals surface area contributed by atoms with Crippen molar-refractivity contribution in [3.63, 3.8) is 0 Å². The van der Waals surface area contributed by atoms with Crippen LogP contribution in [0.4, 0.5) is 10.1 Å². The number of hydrogen-bond donors (Lipinski definition) is 1. The van der Waals surface area contributed by atoms with Crippen LogP contribution in [-0.2, 0) is 0 Å². The number of nitrogens with zero attached hydrogens (tertiary/aromatic N) is 2. The van der Waals surface area contributed by atoms with Crippen molar-refractivity contribution in [2.75, 3.05) is 11.4 Å². The maximum atomic E-state index is 13.0. The maximum absolute atomic E-state index is 13.0. The van der Waals surface area contributed by atoms with Gasteiger partial charge in [-0.3, -0.25) is 4.79 Å². The van der Waals surface area contributed by atoms with Gasteiger partial charge in [-0.25, -0.2) is 4.98 Å². The fraction of sp³-hybridized carbons (Fsp3) is 0.143. The van der Waals surface area contributed by atoms with Crippen LogP contribution >= 0.6 is 0 Å². The lowest BCUT2D eigenvalue weighted by Gasteiger charge is -2.21. The number of aromatic nitrogens is 1. The van der Waals surface area contributed by atoms with Crippen molar-refractivity contribution >= 4 is 11.6 Å². The highest BCUT2D eigenvalue weighted by Gasteiger charge is 2.17. The van der Waals surface area contributed by atoms with Crippen LogP contribution in [0.3, 0.4) is 0 Å². The van der Waals surface area contributed by atoms with Crippen LogP contribution in [0.2, 0.25) is 0 Å². The number of amides is 1. The van der Waals surface area contributed by atoms with Crippen molar-refractivity contribution in [3.8, 4) is 5.75 Å². The molecule has 0 atom stereocenters. The number of phenols is 1. The van der Waals surface area contributed by atoms with Crippen molar-refractivity contribution in [3.05, 3.63) is 54.1 Å². The van der Waals surface area contributed by atoms with E-state index < -0.39 is 5.95 Å². The van der Waals surface area contributed by atoms with E-state index in [9.17, 15) is 14.3 Å². The van der Waals surface area contributed by atoms with Crippen molar-refractivity contribution in [1.82, 2.24) is 4.98 Å². The molecule has 1 aromatic heterocycles. The monoisotopic (exact) mass is 260 g/mol. The summed E-state index contributed by atoms with van der Waals surface area (Å²) < 4.78 is 13.0. The maximum Gasteiger partial charge on any atom is 0.258 e. The second-order valence-corrected chi connectivity index (χ2v) is 3.94. The predicted octanol–water partition coefficient (Wildman–Crippen LogP) is 2.59. The fourth-order valence-electron chi connectivity index (χ4n) is 1.80. The van der Waals surface area contributed by atoms with Gasteiger partial charge >= 0.3 is 0 Å². The Hall–Kier alpha value is -2.43. The van der Waals surface area contributed by atoms with Crippen LogP contribution in [0.5, 0.6) is 5.75 Å². The lowest BCUT2D eigenvalue weighted by atomic mass is 10.2. The minimum absolute atomic E-state index is 0.0738. The first kappa shape index (κ1) is 13.0. The average Bonchev–Trinajstić information content (AvgIpc) is 2.39. The van der Waals surface area contributed by atoms with Gasteiger partial charge in [-0.15, -0.1) is 0 Å². The van der Waals surface area contributed by atoms with Crippen LogP contribution in [-0.4, -0.2) is 22.5 Å². The van der Waals surface area contributed by atoms with Crippen LogP contribution in [0.15, 0.2) is 42.6 Å². The van der Waals surface area contributed by atoms with Gasteiger partial charge in [-0.1, -0.05) is 6.07 Å². The third-order valence-corrected chi connectivity index (χ3v) is 2.68. The molecule has 5 heteroatoms. The van der Waals surface area contributed by atoms with Gasteiger partial charge in [0.1, 0.15) is 5.75 Å². The van der Waals surface area contributed by atoms with E-state index in [1.165, 1.54) is 29.3 Å². The van der Waals surface area contributed by atoms with E-state index in [-0.39, 0.29) is 17.2 Å². The first-order valence-electron chi connectivity index (χ1n) is 5.84. The van der Waals surface area contributed by atoms with Crippen molar-refractivity contribution in [2.45, 2.75) is 6.92 Å². The largest absolute Gasteiger partial charge is 0.508 e. The molecule has 0 bridgehead atoms. The van der Waals surface area contributed by atoms with E-state index in [0.29, 0.717) is 12.2 Å². The minimum atomic E-state index is -0.696. The number of halogens is 1. The molecule has 0 aliphatic heterocycles. The highest BCUT2D eigenvalue weighted by molar-refractivity contribution is 6.06. The van der Waals surface area contributed by atoms with Gasteiger partial charge in [0.2, 0.25) is 5.95 Å². The van der Waals surface area contributed by atoms with E-state index in [1.807, 2.05) is 0 Å². The molecule has 2 aromatic rings. The summed E-state index contributed by atoms with van der Waals surface area (Å²) in [4.78, 5) is 17.2. The number of carbonyl (C=O) groups excluding carboxylic acids is 1. The molecule has 0 saturated carbocycles. The topological polar surface area (TPSA) is 53.4 Å². The van der Waals surface area contributed by atoms with Gasteiger partial charge in [0.05, 0.1) is 0 Å². The Bertz CT molecular complexity index is 602. The Kier molecular flexibility index (Phi) is 3.75. The van der Waals surface area contributed by atoms with Crippen LogP contribution in [0.25, 0.3) is 0 Å². The van der Waals surface area contributed by atoms with E-state index in [2.05, 4.69) is 4.98 Å². The zero-order chi connectivity index (χ0) is 13.8. The molecule has 1 aromatic carbocycles. The van der Waals surface area contributed by atoms with E-state index in [1.54, 1.807) is 19.1 Å². The second kappa shape index (κ2) is 5.48.